The number of alkyl halides is 2. The van der Waals surface area contributed by atoms with Crippen LogP contribution >= 0.6 is 0 Å². The molecule has 1 N–H and O–H groups in total. The minimum atomic E-state index is -3.26. The highest BCUT2D eigenvalue weighted by atomic mass is 19.3. The smallest absolute Gasteiger partial charge is 0.327 e. The van der Waals surface area contributed by atoms with Gasteiger partial charge in [0.05, 0.1) is 6.04 Å². The largest absolute Gasteiger partial charge is 0.398 e. The number of hydrogen-bond acceptors (Lipinski definition) is 2. The van der Waals surface area contributed by atoms with Crippen LogP contribution in [0.15, 0.2) is 12.2 Å². The van der Waals surface area contributed by atoms with Crippen LogP contribution in [0.25, 0.3) is 0 Å². The van der Waals surface area contributed by atoms with Gasteiger partial charge in [-0.15, -0.1) is 0 Å². The van der Waals surface area contributed by atoms with Crippen molar-refractivity contribution in [3.8, 4) is 0 Å². The van der Waals surface area contributed by atoms with Gasteiger partial charge in [0.25, 0.3) is 5.91 Å². The number of aliphatic hydroxyl groups is 1. The molecule has 1 unspecified atom stereocenters. The Bertz CT molecular complexity index is 268. The summed E-state index contributed by atoms with van der Waals surface area (Å²) >= 11 is 0. The predicted octanol–water partition coefficient (Wildman–Crippen LogP) is -0.640. The van der Waals surface area contributed by atoms with Crippen molar-refractivity contribution >= 4 is 13.8 Å². The summed E-state index contributed by atoms with van der Waals surface area (Å²) in [5, 5.41) is 8.92. The molecule has 0 saturated carbocycles. The van der Waals surface area contributed by atoms with E-state index in [9.17, 15) is 13.6 Å². The molecular formula is C8H12BF2NO2. The maximum atomic E-state index is 12.9. The van der Waals surface area contributed by atoms with Gasteiger partial charge in [0.2, 0.25) is 0 Å². The molecule has 0 aromatic heterocycles. The fourth-order valence-corrected chi connectivity index (χ4v) is 1.38. The average molecular weight is 203 g/mol. The van der Waals surface area contributed by atoms with Crippen LogP contribution in [-0.2, 0) is 4.79 Å². The van der Waals surface area contributed by atoms with Crippen molar-refractivity contribution in [2.75, 3.05) is 7.05 Å². The predicted molar refractivity (Wildman–Crippen MR) is 49.8 cm³/mol. The lowest BCUT2D eigenvalue weighted by atomic mass is 9.99. The molecule has 0 bridgehead atoms. The van der Waals surface area contributed by atoms with Gasteiger partial charge in [0.1, 0.15) is 7.85 Å². The molecule has 1 heterocycles. The van der Waals surface area contributed by atoms with Gasteiger partial charge in [-0.2, -0.15) is 8.78 Å². The van der Waals surface area contributed by atoms with Crippen LogP contribution in [0, 0.1) is 0 Å². The van der Waals surface area contributed by atoms with Gasteiger partial charge in [0.15, 0.2) is 0 Å². The molecule has 14 heavy (non-hydrogen) atoms. The zero-order valence-electron chi connectivity index (χ0n) is 8.08. The lowest BCUT2D eigenvalue weighted by Gasteiger charge is -2.14. The molecule has 1 saturated heterocycles. The van der Waals surface area contributed by atoms with Crippen molar-refractivity contribution in [2.45, 2.75) is 24.4 Å². The molecule has 6 heteroatoms. The Balaban J connectivity index is 2.71. The van der Waals surface area contributed by atoms with Crippen molar-refractivity contribution in [2.24, 2.45) is 0 Å². The van der Waals surface area contributed by atoms with Crippen molar-refractivity contribution < 1.29 is 18.7 Å². The molecule has 0 aliphatic carbocycles. The Morgan fingerprint density at radius 1 is 1.79 bits per heavy atom. The van der Waals surface area contributed by atoms with E-state index in [0.29, 0.717) is 0 Å². The Hall–Kier alpha value is -0.905. The lowest BCUT2D eigenvalue weighted by Crippen LogP contribution is -2.32. The van der Waals surface area contributed by atoms with Crippen molar-refractivity contribution in [1.82, 2.24) is 4.90 Å². The van der Waals surface area contributed by atoms with Crippen molar-refractivity contribution in [3.63, 3.8) is 0 Å². The summed E-state index contributed by atoms with van der Waals surface area (Å²) in [5.74, 6) is -4.42. The highest BCUT2D eigenvalue weighted by Gasteiger charge is 2.50. The number of likely N-dealkylation sites (tertiary alicyclic amines) is 1. The summed E-state index contributed by atoms with van der Waals surface area (Å²) < 4.78 is 25.8. The Labute approximate surface area is 81.8 Å². The second-order valence-electron chi connectivity index (χ2n) is 3.52. The zero-order valence-corrected chi connectivity index (χ0v) is 8.08. The van der Waals surface area contributed by atoms with E-state index >= 15 is 0 Å². The number of likely N-dealkylation sites (N-methyl/N-ethyl adjacent to an activating group) is 1. The number of carbonyl (C=O) groups excluding carboxylic acids is 1. The first-order valence-corrected chi connectivity index (χ1v) is 4.36. The van der Waals surface area contributed by atoms with E-state index in [1.54, 1.807) is 0 Å². The maximum absolute atomic E-state index is 12.9. The standard InChI is InChI=1S/C8H12BF2NO2/c1-12-5(2-3-6(9)13)4-8(10,11)7(12)14/h2-3,5-6,13H,4,9H2,1H3/b3-2+/t5-,6?/m0/s1. The third-order valence-electron chi connectivity index (χ3n) is 2.21. The molecule has 1 aliphatic rings. The van der Waals surface area contributed by atoms with Crippen LogP contribution in [0.3, 0.4) is 0 Å². The Morgan fingerprint density at radius 2 is 2.36 bits per heavy atom. The van der Waals surface area contributed by atoms with Crippen molar-refractivity contribution in [3.05, 3.63) is 12.2 Å². The molecule has 1 amide bonds. The monoisotopic (exact) mass is 203 g/mol. The number of nitrogens with zero attached hydrogens (tertiary/aromatic N) is 1. The summed E-state index contributed by atoms with van der Waals surface area (Å²) in [5.41, 5.74) is 0. The van der Waals surface area contributed by atoms with Crippen LogP contribution in [0.2, 0.25) is 0 Å². The summed E-state index contributed by atoms with van der Waals surface area (Å²) in [6, 6.07) is -1.31. The minimum absolute atomic E-state index is 0.508. The molecular weight excluding hydrogens is 191 g/mol. The number of amides is 1. The number of hydrogen-bond donors (Lipinski definition) is 1. The second kappa shape index (κ2) is 3.69. The van der Waals surface area contributed by atoms with Gasteiger partial charge in [-0.05, 0) is 0 Å². The molecule has 1 rings (SSSR count). The second-order valence-corrected chi connectivity index (χ2v) is 3.52. The van der Waals surface area contributed by atoms with E-state index < -0.39 is 30.3 Å². The van der Waals surface area contributed by atoms with E-state index in [1.165, 1.54) is 27.0 Å². The van der Waals surface area contributed by atoms with E-state index in [-0.39, 0.29) is 0 Å². The fraction of sp³-hybridized carbons (Fsp3) is 0.625. The lowest BCUT2D eigenvalue weighted by molar-refractivity contribution is -0.146. The van der Waals surface area contributed by atoms with Gasteiger partial charge in [-0.1, -0.05) is 12.2 Å². The summed E-state index contributed by atoms with van der Waals surface area (Å²) in [7, 11) is 2.85. The minimum Gasteiger partial charge on any atom is -0.398 e. The van der Waals surface area contributed by atoms with E-state index in [1.807, 2.05) is 0 Å². The molecule has 0 aromatic carbocycles. The zero-order chi connectivity index (χ0) is 10.9. The normalized spacial score (nSPS) is 28.7. The molecule has 0 spiro atoms. The highest BCUT2D eigenvalue weighted by Crippen LogP contribution is 2.32. The number of carbonyl (C=O) groups is 1. The quantitative estimate of drug-likeness (QED) is 0.479. The molecule has 1 aliphatic heterocycles. The summed E-state index contributed by atoms with van der Waals surface area (Å²) in [6.45, 7) is 0. The Kier molecular flexibility index (Phi) is 2.94. The van der Waals surface area contributed by atoms with Crippen LogP contribution in [-0.4, -0.2) is 48.8 Å². The number of halogens is 2. The van der Waals surface area contributed by atoms with E-state index in [0.717, 1.165) is 4.90 Å². The van der Waals surface area contributed by atoms with Gasteiger partial charge in [-0.3, -0.25) is 4.79 Å². The molecule has 78 valence electrons. The SMILES string of the molecule is BC(O)/C=C/[C@H]1CC(F)(F)C(=O)N1C. The van der Waals surface area contributed by atoms with Crippen molar-refractivity contribution in [1.29, 1.82) is 0 Å². The van der Waals surface area contributed by atoms with E-state index in [2.05, 4.69) is 0 Å². The fourth-order valence-electron chi connectivity index (χ4n) is 1.38. The number of aliphatic hydroxyl groups excluding tert-OH is 1. The maximum Gasteiger partial charge on any atom is 0.327 e. The molecule has 0 radical (unpaired) electrons. The van der Waals surface area contributed by atoms with Gasteiger partial charge in [-0.25, -0.2) is 0 Å². The first-order chi connectivity index (χ1) is 6.34. The molecule has 2 atom stereocenters. The average Bonchev–Trinajstić information content (AvgIpc) is 2.26. The first kappa shape index (κ1) is 11.2. The van der Waals surface area contributed by atoms with Crippen LogP contribution in [0.4, 0.5) is 8.78 Å². The molecule has 3 nitrogen and oxygen atoms in total. The molecule has 1 fully saturated rings. The van der Waals surface area contributed by atoms with Crippen LogP contribution < -0.4 is 0 Å². The third kappa shape index (κ3) is 2.12. The molecule has 0 aromatic rings. The van der Waals surface area contributed by atoms with Gasteiger partial charge < -0.3 is 10.0 Å². The van der Waals surface area contributed by atoms with E-state index in [4.69, 9.17) is 5.11 Å². The Morgan fingerprint density at radius 3 is 2.71 bits per heavy atom. The highest BCUT2D eigenvalue weighted by molar-refractivity contribution is 6.12. The first-order valence-electron chi connectivity index (χ1n) is 4.36. The van der Waals surface area contributed by atoms with Crippen LogP contribution in [0.5, 0.6) is 0 Å². The summed E-state index contributed by atoms with van der Waals surface area (Å²) in [4.78, 5) is 12.0. The van der Waals surface area contributed by atoms with Gasteiger partial charge in [0, 0.05) is 19.5 Å². The van der Waals surface area contributed by atoms with Crippen LogP contribution in [0.1, 0.15) is 6.42 Å². The van der Waals surface area contributed by atoms with Gasteiger partial charge >= 0.3 is 5.92 Å². The third-order valence-corrected chi connectivity index (χ3v) is 2.21. The summed E-state index contributed by atoms with van der Waals surface area (Å²) in [6.07, 6.45) is 2.32. The number of rotatable bonds is 2. The topological polar surface area (TPSA) is 40.5 Å².